The quantitative estimate of drug-likeness (QED) is 0.206. The Morgan fingerprint density at radius 3 is 2.12 bits per heavy atom. The zero-order valence-corrected chi connectivity index (χ0v) is 23.5. The van der Waals surface area contributed by atoms with Gasteiger partial charge >= 0.3 is 5.97 Å². The van der Waals surface area contributed by atoms with Crippen molar-refractivity contribution < 1.29 is 24.2 Å². The third-order valence-corrected chi connectivity index (χ3v) is 7.26. The van der Waals surface area contributed by atoms with Gasteiger partial charge < -0.3 is 15.5 Å². The number of carboxylic acid groups (broad SMARTS) is 1. The molecular formula is C35H34FNO4. The molecule has 4 aromatic carbocycles. The molecule has 41 heavy (non-hydrogen) atoms. The van der Waals surface area contributed by atoms with Gasteiger partial charge in [0.2, 0.25) is 0 Å². The molecule has 6 heteroatoms. The van der Waals surface area contributed by atoms with E-state index in [1.54, 1.807) is 6.07 Å². The minimum Gasteiger partial charge on any atom is -0.481 e. The molecule has 210 valence electrons. The lowest BCUT2D eigenvalue weighted by molar-refractivity contribution is -0.136. The number of aryl methyl sites for hydroxylation is 1. The SMILES string of the molecule is CCC(C)=C1C(=O)Nc2cc(F)c(-c3ccc(-c4ccccc4CO)cc3)cc21.CCc1cccc(CC(=O)O)c1. The van der Waals surface area contributed by atoms with Gasteiger partial charge in [-0.15, -0.1) is 0 Å². The Labute approximate surface area is 240 Å². The summed E-state index contributed by atoms with van der Waals surface area (Å²) in [5, 5.41) is 20.9. The number of carboxylic acids is 1. The average Bonchev–Trinajstić information content (AvgIpc) is 3.30. The Hall–Kier alpha value is -4.55. The fourth-order valence-corrected chi connectivity index (χ4v) is 4.92. The van der Waals surface area contributed by atoms with Gasteiger partial charge in [-0.2, -0.15) is 0 Å². The summed E-state index contributed by atoms with van der Waals surface area (Å²) in [6.07, 6.45) is 1.83. The Morgan fingerprint density at radius 2 is 1.49 bits per heavy atom. The van der Waals surface area contributed by atoms with Crippen molar-refractivity contribution in [2.45, 2.75) is 46.6 Å². The molecule has 0 spiro atoms. The third kappa shape index (κ3) is 6.79. The lowest BCUT2D eigenvalue weighted by atomic mass is 9.94. The molecule has 0 unspecified atom stereocenters. The van der Waals surface area contributed by atoms with Gasteiger partial charge in [-0.25, -0.2) is 4.39 Å². The zero-order valence-electron chi connectivity index (χ0n) is 23.5. The monoisotopic (exact) mass is 551 g/mol. The van der Waals surface area contributed by atoms with Crippen molar-refractivity contribution in [3.63, 3.8) is 0 Å². The van der Waals surface area contributed by atoms with Crippen LogP contribution in [0.15, 0.2) is 90.5 Å². The molecule has 5 nitrogen and oxygen atoms in total. The van der Waals surface area contributed by atoms with Gasteiger partial charge in [0.05, 0.1) is 18.7 Å². The van der Waals surface area contributed by atoms with Crippen molar-refractivity contribution in [3.05, 3.63) is 119 Å². The van der Waals surface area contributed by atoms with Gasteiger partial charge in [-0.05, 0) is 65.3 Å². The van der Waals surface area contributed by atoms with Crippen LogP contribution in [0.2, 0.25) is 0 Å². The molecule has 0 saturated heterocycles. The van der Waals surface area contributed by atoms with Crippen LogP contribution in [0.3, 0.4) is 0 Å². The number of rotatable bonds is 7. The van der Waals surface area contributed by atoms with Crippen molar-refractivity contribution in [1.29, 1.82) is 0 Å². The van der Waals surface area contributed by atoms with E-state index in [0.717, 1.165) is 51.8 Å². The predicted molar refractivity (Wildman–Crippen MR) is 162 cm³/mol. The predicted octanol–water partition coefficient (Wildman–Crippen LogP) is 7.66. The molecule has 1 heterocycles. The van der Waals surface area contributed by atoms with E-state index in [1.807, 2.05) is 86.6 Å². The minimum absolute atomic E-state index is 0.0374. The number of carbonyl (C=O) groups is 2. The number of aliphatic hydroxyl groups excluding tert-OH is 1. The Morgan fingerprint density at radius 1 is 0.829 bits per heavy atom. The van der Waals surface area contributed by atoms with Gasteiger partial charge in [0.1, 0.15) is 5.82 Å². The number of fused-ring (bicyclic) bond motifs is 1. The number of anilines is 1. The van der Waals surface area contributed by atoms with Crippen LogP contribution in [-0.4, -0.2) is 22.1 Å². The molecule has 0 bridgehead atoms. The van der Waals surface area contributed by atoms with E-state index in [0.29, 0.717) is 16.8 Å². The lowest BCUT2D eigenvalue weighted by Crippen LogP contribution is -2.05. The maximum Gasteiger partial charge on any atom is 0.307 e. The molecule has 0 atom stereocenters. The number of hydrogen-bond donors (Lipinski definition) is 3. The number of halogens is 1. The highest BCUT2D eigenvalue weighted by Gasteiger charge is 2.27. The number of carbonyl (C=O) groups excluding carboxylic acids is 1. The highest BCUT2D eigenvalue weighted by atomic mass is 19.1. The minimum atomic E-state index is -0.775. The smallest absolute Gasteiger partial charge is 0.307 e. The first-order valence-corrected chi connectivity index (χ1v) is 13.7. The van der Waals surface area contributed by atoms with Crippen LogP contribution >= 0.6 is 0 Å². The highest BCUT2D eigenvalue weighted by molar-refractivity contribution is 6.32. The van der Waals surface area contributed by atoms with Crippen LogP contribution in [-0.2, 0) is 29.0 Å². The summed E-state index contributed by atoms with van der Waals surface area (Å²) in [5.74, 6) is -1.32. The number of nitrogens with one attached hydrogen (secondary N) is 1. The molecule has 0 fully saturated rings. The fraction of sp³-hybridized carbons (Fsp3) is 0.200. The van der Waals surface area contributed by atoms with E-state index >= 15 is 0 Å². The van der Waals surface area contributed by atoms with Gasteiger partial charge in [0.25, 0.3) is 5.91 Å². The largest absolute Gasteiger partial charge is 0.481 e. The average molecular weight is 552 g/mol. The second kappa shape index (κ2) is 13.2. The first-order valence-electron chi connectivity index (χ1n) is 13.7. The van der Waals surface area contributed by atoms with E-state index in [4.69, 9.17) is 5.11 Å². The van der Waals surface area contributed by atoms with Crippen LogP contribution < -0.4 is 5.32 Å². The molecule has 1 aliphatic heterocycles. The Balaban J connectivity index is 0.000000271. The van der Waals surface area contributed by atoms with E-state index in [1.165, 1.54) is 11.6 Å². The van der Waals surface area contributed by atoms with Crippen LogP contribution in [0.25, 0.3) is 27.8 Å². The van der Waals surface area contributed by atoms with Crippen LogP contribution in [0.1, 0.15) is 49.4 Å². The molecule has 1 amide bonds. The maximum absolute atomic E-state index is 14.8. The van der Waals surface area contributed by atoms with Gasteiger partial charge in [0, 0.05) is 16.7 Å². The van der Waals surface area contributed by atoms with Gasteiger partial charge in [0.15, 0.2) is 0 Å². The third-order valence-electron chi connectivity index (χ3n) is 7.26. The van der Waals surface area contributed by atoms with E-state index < -0.39 is 5.97 Å². The van der Waals surface area contributed by atoms with Crippen molar-refractivity contribution in [1.82, 2.24) is 0 Å². The summed E-state index contributed by atoms with van der Waals surface area (Å²) in [7, 11) is 0. The Bertz CT molecular complexity index is 1610. The summed E-state index contributed by atoms with van der Waals surface area (Å²) in [6, 6.07) is 26.1. The molecule has 0 saturated carbocycles. The number of benzene rings is 4. The highest BCUT2D eigenvalue weighted by Crippen LogP contribution is 2.39. The number of aliphatic hydroxyl groups is 1. The summed E-state index contributed by atoms with van der Waals surface area (Å²) in [6.45, 7) is 5.95. The van der Waals surface area contributed by atoms with Crippen molar-refractivity contribution >= 4 is 23.1 Å². The summed E-state index contributed by atoms with van der Waals surface area (Å²) >= 11 is 0. The summed E-state index contributed by atoms with van der Waals surface area (Å²) in [5.41, 5.74) is 8.91. The van der Waals surface area contributed by atoms with Crippen molar-refractivity contribution in [3.8, 4) is 22.3 Å². The van der Waals surface area contributed by atoms with E-state index in [2.05, 4.69) is 12.2 Å². The second-order valence-corrected chi connectivity index (χ2v) is 9.98. The molecule has 3 N–H and O–H groups in total. The summed E-state index contributed by atoms with van der Waals surface area (Å²) < 4.78 is 14.8. The van der Waals surface area contributed by atoms with E-state index in [-0.39, 0.29) is 24.8 Å². The fourth-order valence-electron chi connectivity index (χ4n) is 4.92. The molecule has 4 aromatic rings. The summed E-state index contributed by atoms with van der Waals surface area (Å²) in [4.78, 5) is 22.7. The van der Waals surface area contributed by atoms with Crippen LogP contribution in [0.4, 0.5) is 10.1 Å². The number of aliphatic carboxylic acids is 1. The molecule has 1 aliphatic rings. The van der Waals surface area contributed by atoms with E-state index in [9.17, 15) is 19.1 Å². The molecule has 5 rings (SSSR count). The van der Waals surface area contributed by atoms with Gasteiger partial charge in [-0.3, -0.25) is 9.59 Å². The normalized spacial score (nSPS) is 13.1. The van der Waals surface area contributed by atoms with Crippen molar-refractivity contribution in [2.24, 2.45) is 0 Å². The second-order valence-electron chi connectivity index (χ2n) is 9.98. The van der Waals surface area contributed by atoms with Gasteiger partial charge in [-0.1, -0.05) is 92.2 Å². The molecule has 0 radical (unpaired) electrons. The van der Waals surface area contributed by atoms with Crippen molar-refractivity contribution in [2.75, 3.05) is 5.32 Å². The molecular weight excluding hydrogens is 517 g/mol. The van der Waals surface area contributed by atoms with Crippen LogP contribution in [0.5, 0.6) is 0 Å². The topological polar surface area (TPSA) is 86.6 Å². The molecule has 0 aromatic heterocycles. The first-order chi connectivity index (χ1) is 19.7. The molecule has 0 aliphatic carbocycles. The lowest BCUT2D eigenvalue weighted by Gasteiger charge is -2.11. The van der Waals surface area contributed by atoms with Crippen LogP contribution in [0, 0.1) is 5.82 Å². The zero-order chi connectivity index (χ0) is 29.5. The maximum atomic E-state index is 14.8. The number of amides is 1. The standard InChI is InChI=1S/C25H22FNO2.C10H12O2/c1-3-15(2)24-21-12-20(22(26)13-23(21)27-25(24)29)17-10-8-16(9-11-17)19-7-5-4-6-18(19)14-28;1-2-8-4-3-5-9(6-8)7-10(11)12/h4-13,28H,3,14H2,1-2H3,(H,27,29);3-6H,2,7H2,1H3,(H,11,12). The first kappa shape index (κ1) is 29.4. The Kier molecular flexibility index (Phi) is 9.48. The number of allylic oxidation sites excluding steroid dienone is 1. The number of hydrogen-bond acceptors (Lipinski definition) is 3.